The molecule has 1 fully saturated rings. The number of nitrogen functional groups attached to an aromatic ring is 1. The minimum absolute atomic E-state index is 0.121. The molecule has 1 aliphatic rings. The van der Waals surface area contributed by atoms with Crippen LogP contribution in [0.1, 0.15) is 10.4 Å². The molecule has 0 saturated carbocycles. The Kier molecular flexibility index (Phi) is 6.98. The van der Waals surface area contributed by atoms with E-state index in [-0.39, 0.29) is 24.3 Å². The summed E-state index contributed by atoms with van der Waals surface area (Å²) in [6.45, 7) is 1.85. The van der Waals surface area contributed by atoms with Crippen LogP contribution in [0.2, 0.25) is 0 Å². The van der Waals surface area contributed by atoms with Gasteiger partial charge in [-0.1, -0.05) is 0 Å². The number of anilines is 2. The molecule has 194 valence electrons. The molecule has 11 heteroatoms. The van der Waals surface area contributed by atoms with E-state index >= 15 is 0 Å². The molecule has 4 aromatic rings. The van der Waals surface area contributed by atoms with Crippen molar-refractivity contribution in [3.8, 4) is 17.0 Å². The standard InChI is InChI=1S/C27H25FN6O4/c1-37-26(36)18-4-8-20(9-5-18)38-16-23(35)33-12-14-34(15-13-33)25-24-22(31-27(29)32-25)11-10-21(30-24)17-2-6-19(28)7-3-17/h2-11H,12-16H2,1H3,(H2,29,31,32). The summed E-state index contributed by atoms with van der Waals surface area (Å²) in [6.07, 6.45) is 0. The third kappa shape index (κ3) is 5.31. The molecular weight excluding hydrogens is 491 g/mol. The van der Waals surface area contributed by atoms with Crippen LogP contribution in [-0.2, 0) is 9.53 Å². The summed E-state index contributed by atoms with van der Waals surface area (Å²) in [5.74, 6) is 0.298. The fraction of sp³-hybridized carbons (Fsp3) is 0.222. The molecule has 2 aromatic heterocycles. The normalized spacial score (nSPS) is 13.4. The maximum atomic E-state index is 13.4. The summed E-state index contributed by atoms with van der Waals surface area (Å²) in [6, 6.07) is 16.1. The Labute approximate surface area is 217 Å². The third-order valence-electron chi connectivity index (χ3n) is 6.25. The number of hydrogen-bond acceptors (Lipinski definition) is 9. The first-order valence-electron chi connectivity index (χ1n) is 12.0. The number of halogens is 1. The Balaban J connectivity index is 1.25. The van der Waals surface area contributed by atoms with Crippen molar-refractivity contribution in [3.63, 3.8) is 0 Å². The Morgan fingerprint density at radius 3 is 2.32 bits per heavy atom. The average Bonchev–Trinajstić information content (AvgIpc) is 2.95. The van der Waals surface area contributed by atoms with Crippen molar-refractivity contribution in [1.29, 1.82) is 0 Å². The van der Waals surface area contributed by atoms with E-state index in [0.29, 0.717) is 60.0 Å². The van der Waals surface area contributed by atoms with Crippen LogP contribution in [0.15, 0.2) is 60.7 Å². The maximum absolute atomic E-state index is 13.4. The average molecular weight is 517 g/mol. The van der Waals surface area contributed by atoms with Crippen molar-refractivity contribution in [1.82, 2.24) is 19.9 Å². The number of nitrogens with two attached hydrogens (primary N) is 1. The number of piperazine rings is 1. The molecule has 0 spiro atoms. The highest BCUT2D eigenvalue weighted by Gasteiger charge is 2.25. The van der Waals surface area contributed by atoms with Gasteiger partial charge in [-0.05, 0) is 60.7 Å². The van der Waals surface area contributed by atoms with E-state index < -0.39 is 5.97 Å². The lowest BCUT2D eigenvalue weighted by Gasteiger charge is -2.35. The third-order valence-corrected chi connectivity index (χ3v) is 6.25. The van der Waals surface area contributed by atoms with Crippen LogP contribution in [0, 0.1) is 5.82 Å². The number of nitrogens with zero attached hydrogens (tertiary/aromatic N) is 5. The van der Waals surface area contributed by atoms with Gasteiger partial charge in [0.25, 0.3) is 5.91 Å². The maximum Gasteiger partial charge on any atom is 0.337 e. The van der Waals surface area contributed by atoms with E-state index in [1.165, 1.54) is 19.2 Å². The van der Waals surface area contributed by atoms with Crippen LogP contribution < -0.4 is 15.4 Å². The van der Waals surface area contributed by atoms with Crippen molar-refractivity contribution in [3.05, 3.63) is 72.0 Å². The molecule has 1 aliphatic heterocycles. The molecule has 2 aromatic carbocycles. The second kappa shape index (κ2) is 10.7. The molecule has 0 unspecified atom stereocenters. The summed E-state index contributed by atoms with van der Waals surface area (Å²) in [5.41, 5.74) is 9.00. The first kappa shape index (κ1) is 24.9. The number of fused-ring (bicyclic) bond motifs is 1. The number of ether oxygens (including phenoxy) is 2. The fourth-order valence-corrected chi connectivity index (χ4v) is 4.23. The molecule has 10 nitrogen and oxygen atoms in total. The number of methoxy groups -OCH3 is 1. The molecule has 0 aliphatic carbocycles. The van der Waals surface area contributed by atoms with Crippen LogP contribution in [0.4, 0.5) is 16.2 Å². The number of carbonyl (C=O) groups excluding carboxylic acids is 2. The highest BCUT2D eigenvalue weighted by atomic mass is 19.1. The van der Waals surface area contributed by atoms with Crippen LogP contribution in [0.5, 0.6) is 5.75 Å². The predicted molar refractivity (Wildman–Crippen MR) is 139 cm³/mol. The zero-order chi connectivity index (χ0) is 26.6. The molecule has 3 heterocycles. The number of benzene rings is 2. The van der Waals surface area contributed by atoms with E-state index in [1.807, 2.05) is 17.0 Å². The number of esters is 1. The monoisotopic (exact) mass is 516 g/mol. The van der Waals surface area contributed by atoms with Gasteiger partial charge in [-0.15, -0.1) is 0 Å². The number of amides is 1. The highest BCUT2D eigenvalue weighted by molar-refractivity contribution is 5.90. The number of aromatic nitrogens is 3. The second-order valence-corrected chi connectivity index (χ2v) is 8.65. The Morgan fingerprint density at radius 2 is 1.63 bits per heavy atom. The lowest BCUT2D eigenvalue weighted by atomic mass is 10.1. The summed E-state index contributed by atoms with van der Waals surface area (Å²) in [7, 11) is 1.31. The molecule has 0 radical (unpaired) electrons. The van der Waals surface area contributed by atoms with E-state index in [4.69, 9.17) is 15.5 Å². The lowest BCUT2D eigenvalue weighted by molar-refractivity contribution is -0.133. The van der Waals surface area contributed by atoms with Gasteiger partial charge in [-0.25, -0.2) is 19.2 Å². The summed E-state index contributed by atoms with van der Waals surface area (Å²) >= 11 is 0. The Morgan fingerprint density at radius 1 is 0.921 bits per heavy atom. The minimum atomic E-state index is -0.439. The van der Waals surface area contributed by atoms with Gasteiger partial charge in [0.15, 0.2) is 12.4 Å². The highest BCUT2D eigenvalue weighted by Crippen LogP contribution is 2.27. The Bertz CT molecular complexity index is 1470. The zero-order valence-electron chi connectivity index (χ0n) is 20.6. The summed E-state index contributed by atoms with van der Waals surface area (Å²) in [4.78, 5) is 41.6. The van der Waals surface area contributed by atoms with E-state index in [0.717, 1.165) is 5.56 Å². The SMILES string of the molecule is COC(=O)c1ccc(OCC(=O)N2CCN(c3nc(N)nc4ccc(-c5ccc(F)cc5)nc34)CC2)cc1. The van der Waals surface area contributed by atoms with Crippen LogP contribution in [0.3, 0.4) is 0 Å². The van der Waals surface area contributed by atoms with Gasteiger partial charge >= 0.3 is 5.97 Å². The van der Waals surface area contributed by atoms with Gasteiger partial charge in [-0.3, -0.25) is 4.79 Å². The summed E-state index contributed by atoms with van der Waals surface area (Å²) in [5, 5.41) is 0. The van der Waals surface area contributed by atoms with Crippen LogP contribution in [0.25, 0.3) is 22.3 Å². The molecule has 1 saturated heterocycles. The second-order valence-electron chi connectivity index (χ2n) is 8.65. The number of pyridine rings is 1. The number of hydrogen-bond donors (Lipinski definition) is 1. The van der Waals surface area contributed by atoms with Crippen molar-refractivity contribution in [2.24, 2.45) is 0 Å². The number of rotatable bonds is 6. The quantitative estimate of drug-likeness (QED) is 0.385. The fourth-order valence-electron chi connectivity index (χ4n) is 4.23. The molecule has 0 bridgehead atoms. The predicted octanol–water partition coefficient (Wildman–Crippen LogP) is 2.93. The topological polar surface area (TPSA) is 124 Å². The molecule has 38 heavy (non-hydrogen) atoms. The van der Waals surface area contributed by atoms with Crippen molar-refractivity contribution in [2.45, 2.75) is 0 Å². The minimum Gasteiger partial charge on any atom is -0.484 e. The van der Waals surface area contributed by atoms with Crippen molar-refractivity contribution < 1.29 is 23.5 Å². The molecule has 0 atom stereocenters. The molecule has 2 N–H and O–H groups in total. The van der Waals surface area contributed by atoms with Gasteiger partial charge in [0, 0.05) is 31.7 Å². The van der Waals surface area contributed by atoms with Gasteiger partial charge in [0.1, 0.15) is 17.1 Å². The first-order chi connectivity index (χ1) is 18.4. The van der Waals surface area contributed by atoms with E-state index in [1.54, 1.807) is 41.3 Å². The summed E-state index contributed by atoms with van der Waals surface area (Å²) < 4.78 is 23.7. The van der Waals surface area contributed by atoms with E-state index in [9.17, 15) is 14.0 Å². The molecule has 1 amide bonds. The smallest absolute Gasteiger partial charge is 0.337 e. The zero-order valence-corrected chi connectivity index (χ0v) is 20.6. The van der Waals surface area contributed by atoms with Crippen LogP contribution in [-0.4, -0.2) is 71.6 Å². The van der Waals surface area contributed by atoms with Gasteiger partial charge in [-0.2, -0.15) is 4.98 Å². The largest absolute Gasteiger partial charge is 0.484 e. The number of carbonyl (C=O) groups is 2. The van der Waals surface area contributed by atoms with Crippen molar-refractivity contribution in [2.75, 3.05) is 50.5 Å². The van der Waals surface area contributed by atoms with Gasteiger partial charge in [0.05, 0.1) is 23.9 Å². The first-order valence-corrected chi connectivity index (χ1v) is 12.0. The van der Waals surface area contributed by atoms with Gasteiger partial charge < -0.3 is 25.0 Å². The van der Waals surface area contributed by atoms with E-state index in [2.05, 4.69) is 14.7 Å². The van der Waals surface area contributed by atoms with Crippen molar-refractivity contribution >= 4 is 34.7 Å². The molecular formula is C27H25FN6O4. The molecule has 5 rings (SSSR count). The van der Waals surface area contributed by atoms with Gasteiger partial charge in [0.2, 0.25) is 5.95 Å². The Hall–Kier alpha value is -4.80. The lowest BCUT2D eigenvalue weighted by Crippen LogP contribution is -2.50. The van der Waals surface area contributed by atoms with Crippen LogP contribution >= 0.6 is 0 Å².